The van der Waals surface area contributed by atoms with Crippen LogP contribution in [0.2, 0.25) is 0 Å². The van der Waals surface area contributed by atoms with Gasteiger partial charge in [0.1, 0.15) is 47.7 Å². The lowest BCUT2D eigenvalue weighted by Gasteiger charge is -2.39. The number of hydrogen-bond acceptors (Lipinski definition) is 23. The number of rotatable bonds is 37. The summed E-state index contributed by atoms with van der Waals surface area (Å²) in [5, 5.41) is 85.5. The molecule has 0 aliphatic carbocycles. The van der Waals surface area contributed by atoms with Crippen LogP contribution in [-0.2, 0) is 67.2 Å². The largest absolute Gasteiger partial charge is 0.508 e. The van der Waals surface area contributed by atoms with Crippen molar-refractivity contribution in [3.8, 4) is 5.75 Å². The van der Waals surface area contributed by atoms with E-state index in [-0.39, 0.29) is 75.3 Å². The van der Waals surface area contributed by atoms with Gasteiger partial charge in [-0.3, -0.25) is 53.8 Å². The molecule has 0 spiro atoms. The molecule has 3 aromatic carbocycles. The van der Waals surface area contributed by atoms with E-state index in [0.717, 1.165) is 6.92 Å². The number of H-pyrrole nitrogens is 1. The molecule has 4 unspecified atom stereocenters. The molecule has 2 bridgehead atoms. The Morgan fingerprint density at radius 2 is 1.08 bits per heavy atom. The summed E-state index contributed by atoms with van der Waals surface area (Å²) in [6.07, 6.45) is -1.29. The number of carboxylic acid groups (broad SMARTS) is 1. The summed E-state index contributed by atoms with van der Waals surface area (Å²) in [6.45, 7) is 8.98. The monoisotopic (exact) mass is 1450 g/mol. The predicted molar refractivity (Wildman–Crippen MR) is 384 cm³/mol. The van der Waals surface area contributed by atoms with Gasteiger partial charge in [-0.2, -0.15) is 0 Å². The molecular formula is C67H102N18O14S2. The number of phenolic OH excluding ortho intramolecular Hbond substituents is 1. The van der Waals surface area contributed by atoms with Crippen LogP contribution in [0, 0.1) is 0 Å². The number of aromatic nitrogens is 1. The van der Waals surface area contributed by atoms with E-state index in [1.54, 1.807) is 60.8 Å². The van der Waals surface area contributed by atoms with Gasteiger partial charge >= 0.3 is 5.97 Å². The fourth-order valence-electron chi connectivity index (χ4n) is 11.4. The van der Waals surface area contributed by atoms with E-state index < -0.39 is 126 Å². The van der Waals surface area contributed by atoms with Gasteiger partial charge in [0, 0.05) is 126 Å². The average Bonchev–Trinajstić information content (AvgIpc) is 1.69. The molecule has 556 valence electrons. The summed E-state index contributed by atoms with van der Waals surface area (Å²) in [5.74, 6) is -8.20. The fourth-order valence-corrected chi connectivity index (χ4v) is 13.2. The second-order valence-electron chi connectivity index (χ2n) is 25.2. The minimum Gasteiger partial charge on any atom is -0.508 e. The van der Waals surface area contributed by atoms with Gasteiger partial charge in [-0.15, -0.1) is 0 Å². The molecule has 3 heterocycles. The van der Waals surface area contributed by atoms with Gasteiger partial charge in [0.15, 0.2) is 6.04 Å². The van der Waals surface area contributed by atoms with Gasteiger partial charge in [-0.25, -0.2) is 4.79 Å². The van der Waals surface area contributed by atoms with Crippen LogP contribution < -0.4 is 91.2 Å². The summed E-state index contributed by atoms with van der Waals surface area (Å²) in [6, 6.07) is 11.5. The predicted octanol–water partition coefficient (Wildman–Crippen LogP) is -4.01. The molecule has 0 radical (unpaired) electrons. The number of aliphatic hydroxyl groups is 2. The molecule has 9 atom stereocenters. The van der Waals surface area contributed by atoms with Crippen LogP contribution in [0.5, 0.6) is 5.75 Å². The lowest BCUT2D eigenvalue weighted by Crippen LogP contribution is -2.72. The smallest absolute Gasteiger partial charge is 0.328 e. The number of aromatic amines is 1. The zero-order chi connectivity index (χ0) is 73.3. The third kappa shape index (κ3) is 28.0. The summed E-state index contributed by atoms with van der Waals surface area (Å²) in [5.41, 5.74) is 13.3. The number of fused-ring (bicyclic) bond motifs is 6. The lowest BCUT2D eigenvalue weighted by atomic mass is 10.0. The Labute approximate surface area is 595 Å². The molecule has 34 heteroatoms. The Kier molecular flexibility index (Phi) is 34.4. The maximum Gasteiger partial charge on any atom is 0.328 e. The molecule has 2 aliphatic heterocycles. The molecule has 2 saturated heterocycles. The molecule has 4 aromatic rings. The van der Waals surface area contributed by atoms with Crippen LogP contribution in [0.15, 0.2) is 85.1 Å². The summed E-state index contributed by atoms with van der Waals surface area (Å²) < 4.78 is 0. The zero-order valence-corrected chi connectivity index (χ0v) is 59.0. The standard InChI is InChI=1S/C67H102N18O14S2/c1-4-100-101-36-53(82-60(93)50(31-43-13-6-5-7-14-43)78-54(89)18-12-19-55(90)85-67-39-72-27-25-70-37-66(69,76-29-30-77-67)38-71-26-28-73-40-67)63(96)80-51(32-44-20-22-46(88)23-21-44)61(94)81-52(33-45-34-74-48-16-9-8-15-47(45)48)62(95)79-49(17-10-11-24-68)59(92)84-57(41(2)86)64(97)75-35-56(91)83-58(42(3)87)65(98)99/h5-9,13-16,20-23,34,41-42,49-53,57-58,70-74,76-77,86-88H,4,10-12,17-19,24-33,35-40,68-69H2,1-3H3,(H,75,97)(H,78,89)(H,79,95)(H,80,96)(H,81,94)(H,82,93)(H,83,91)(H,84,92)(H,85,90)(H,98,99)/t41?,42?,49-,50+,51-,52+,53-,57?,58?,66-,67-/m0/s1. The first-order valence-electron chi connectivity index (χ1n) is 34.1. The molecule has 32 nitrogen and oxygen atoms in total. The van der Waals surface area contributed by atoms with E-state index in [9.17, 15) is 63.6 Å². The van der Waals surface area contributed by atoms with E-state index >= 15 is 4.79 Å². The number of unbranched alkanes of at least 4 members (excludes halogenated alkanes) is 1. The van der Waals surface area contributed by atoms with Gasteiger partial charge in [0.2, 0.25) is 53.2 Å². The molecule has 1 aromatic heterocycles. The number of nitrogens with one attached hydrogen (secondary N) is 16. The Hall–Kier alpha value is -8.00. The van der Waals surface area contributed by atoms with Crippen LogP contribution in [0.25, 0.3) is 10.9 Å². The maximum absolute atomic E-state index is 15.2. The van der Waals surface area contributed by atoms with E-state index in [0.29, 0.717) is 105 Å². The first kappa shape index (κ1) is 82.0. The Balaban J connectivity index is 1.21. The molecule has 2 aliphatic rings. The maximum atomic E-state index is 15.2. The molecule has 6 rings (SSSR count). The number of carbonyl (C=O) groups is 10. The van der Waals surface area contributed by atoms with Gasteiger partial charge < -0.3 is 106 Å². The van der Waals surface area contributed by atoms with Crippen molar-refractivity contribution in [2.75, 3.05) is 90.0 Å². The van der Waals surface area contributed by atoms with Crippen molar-refractivity contribution in [3.05, 3.63) is 102 Å². The number of aliphatic hydroxyl groups excluding tert-OH is 2. The quantitative estimate of drug-likeness (QED) is 0.0151. The number of carboxylic acids is 1. The van der Waals surface area contributed by atoms with Crippen LogP contribution in [0.3, 0.4) is 0 Å². The van der Waals surface area contributed by atoms with Gasteiger partial charge in [0.25, 0.3) is 0 Å². The minimum absolute atomic E-state index is 0.00539. The minimum atomic E-state index is -1.73. The van der Waals surface area contributed by atoms with E-state index in [1.165, 1.54) is 52.8 Å². The second-order valence-corrected chi connectivity index (χ2v) is 28.0. The third-order valence-electron chi connectivity index (χ3n) is 16.8. The molecule has 101 heavy (non-hydrogen) atoms. The number of benzene rings is 3. The topological polar surface area (TPSA) is 500 Å². The summed E-state index contributed by atoms with van der Waals surface area (Å²) >= 11 is 0. The lowest BCUT2D eigenvalue weighted by molar-refractivity contribution is -0.144. The van der Waals surface area contributed by atoms with Crippen LogP contribution in [0.4, 0.5) is 0 Å². The highest BCUT2D eigenvalue weighted by Gasteiger charge is 2.37. The number of nitrogens with two attached hydrogens (primary N) is 2. The van der Waals surface area contributed by atoms with E-state index in [2.05, 4.69) is 84.7 Å². The number of amides is 9. The second kappa shape index (κ2) is 42.4. The van der Waals surface area contributed by atoms with E-state index in [1.807, 2.05) is 6.92 Å². The Morgan fingerprint density at radius 1 is 0.545 bits per heavy atom. The van der Waals surface area contributed by atoms with E-state index in [4.69, 9.17) is 11.5 Å². The Bertz CT molecular complexity index is 3320. The number of para-hydroxylation sites is 1. The SMILES string of the molecule is CCSSC[C@H](NC(=O)[C@@H](Cc1ccccc1)NC(=O)CCCC(=O)N[C@]12CNCCNC[C@](N)(CNCCNC1)NCCN2)C(=O)N[C@@H](Cc1ccc(O)cc1)C(=O)N[C@H](Cc1c[nH]c2ccccc12)C(=O)N[C@@H](CCCCN)C(=O)NC(C(=O)NCC(=O)NC(C(=O)O)C(C)O)C(C)O. The van der Waals surface area contributed by atoms with Crippen molar-refractivity contribution in [2.45, 2.75) is 144 Å². The molecule has 9 amide bonds. The average molecular weight is 1450 g/mol. The Morgan fingerprint density at radius 3 is 1.69 bits per heavy atom. The zero-order valence-electron chi connectivity index (χ0n) is 57.4. The molecular weight excluding hydrogens is 1340 g/mol. The highest BCUT2D eigenvalue weighted by molar-refractivity contribution is 8.76. The number of aliphatic carboxylic acids is 1. The molecule has 0 saturated carbocycles. The highest BCUT2D eigenvalue weighted by atomic mass is 33.1. The summed E-state index contributed by atoms with van der Waals surface area (Å²) in [4.78, 5) is 143. The summed E-state index contributed by atoms with van der Waals surface area (Å²) in [7, 11) is 2.69. The van der Waals surface area contributed by atoms with Crippen LogP contribution in [0.1, 0.15) is 76.0 Å². The first-order valence-corrected chi connectivity index (χ1v) is 36.6. The molecule has 2 fully saturated rings. The number of carbonyl (C=O) groups excluding carboxylic acids is 9. The number of hydrogen-bond donors (Lipinski definition) is 22. The van der Waals surface area contributed by atoms with Gasteiger partial charge in [0.05, 0.1) is 24.4 Å². The number of phenols is 1. The van der Waals surface area contributed by atoms with Crippen LogP contribution >= 0.6 is 21.6 Å². The molecule has 24 N–H and O–H groups in total. The van der Waals surface area contributed by atoms with Crippen molar-refractivity contribution >= 4 is 91.6 Å². The highest BCUT2D eigenvalue weighted by Crippen LogP contribution is 2.23. The third-order valence-corrected chi connectivity index (χ3v) is 19.3. The normalized spacial score (nSPS) is 19.4. The number of aromatic hydroxyl groups is 1. The van der Waals surface area contributed by atoms with Crippen molar-refractivity contribution in [1.29, 1.82) is 0 Å². The van der Waals surface area contributed by atoms with Gasteiger partial charge in [-0.05, 0) is 81.0 Å². The van der Waals surface area contributed by atoms with Crippen molar-refractivity contribution in [3.63, 3.8) is 0 Å². The van der Waals surface area contributed by atoms with Crippen molar-refractivity contribution in [2.24, 2.45) is 11.5 Å². The van der Waals surface area contributed by atoms with Crippen molar-refractivity contribution < 1.29 is 68.4 Å². The first-order chi connectivity index (χ1) is 48.4. The fraction of sp³-hybridized carbons (Fsp3) is 0.552. The van der Waals surface area contributed by atoms with Gasteiger partial charge in [-0.1, -0.05) is 89.2 Å². The van der Waals surface area contributed by atoms with Crippen LogP contribution in [-0.4, -0.2) is 240 Å². The van der Waals surface area contributed by atoms with Crippen molar-refractivity contribution in [1.82, 2.24) is 84.7 Å².